The van der Waals surface area contributed by atoms with Crippen LogP contribution in [0.25, 0.3) is 0 Å². The van der Waals surface area contributed by atoms with Crippen LogP contribution in [0.15, 0.2) is 24.2 Å². The predicted molar refractivity (Wildman–Crippen MR) is 127 cm³/mol. The maximum Gasteiger partial charge on any atom is 0.270 e. The SMILES string of the molecule is CC[C@@]1(C)OCc2cnc(C(=O)NC(C)CCN3NC(C4CCOCC4)C=C3N(C)C=O)cc21. The van der Waals surface area contributed by atoms with Gasteiger partial charge in [0.05, 0.1) is 18.2 Å². The Hall–Kier alpha value is -2.49. The number of nitrogens with zero attached hydrogens (tertiary/aromatic N) is 3. The first-order valence-electron chi connectivity index (χ1n) is 12.3. The highest BCUT2D eigenvalue weighted by Crippen LogP contribution is 2.38. The van der Waals surface area contributed by atoms with Crippen LogP contribution in [-0.2, 0) is 26.5 Å². The molecule has 4 rings (SSSR count). The molecule has 9 nitrogen and oxygen atoms in total. The number of aromatic nitrogens is 1. The second kappa shape index (κ2) is 10.4. The summed E-state index contributed by atoms with van der Waals surface area (Å²) in [6.07, 6.45) is 8.27. The van der Waals surface area contributed by atoms with Gasteiger partial charge in [0.2, 0.25) is 6.41 Å². The van der Waals surface area contributed by atoms with Gasteiger partial charge in [-0.1, -0.05) is 6.92 Å². The molecule has 1 aromatic heterocycles. The van der Waals surface area contributed by atoms with Crippen molar-refractivity contribution in [3.05, 3.63) is 41.0 Å². The fraction of sp³-hybridized carbons (Fsp3) is 0.640. The summed E-state index contributed by atoms with van der Waals surface area (Å²) in [7, 11) is 1.76. The molecule has 9 heteroatoms. The third kappa shape index (κ3) is 5.11. The number of ether oxygens (including phenoxy) is 2. The molecule has 3 atom stereocenters. The van der Waals surface area contributed by atoms with Crippen LogP contribution in [0.1, 0.15) is 68.1 Å². The Bertz CT molecular complexity index is 932. The van der Waals surface area contributed by atoms with Crippen LogP contribution in [0.4, 0.5) is 0 Å². The quantitative estimate of drug-likeness (QED) is 0.534. The minimum Gasteiger partial charge on any atom is -0.381 e. The normalized spacial score (nSPS) is 25.6. The Morgan fingerprint density at radius 3 is 2.91 bits per heavy atom. The highest BCUT2D eigenvalue weighted by atomic mass is 16.5. The zero-order chi connectivity index (χ0) is 24.3. The zero-order valence-corrected chi connectivity index (χ0v) is 20.7. The van der Waals surface area contributed by atoms with Gasteiger partial charge in [0.1, 0.15) is 11.5 Å². The molecule has 0 aliphatic carbocycles. The van der Waals surface area contributed by atoms with E-state index < -0.39 is 0 Å². The lowest BCUT2D eigenvalue weighted by Crippen LogP contribution is -2.45. The van der Waals surface area contributed by atoms with Crippen LogP contribution in [0.2, 0.25) is 0 Å². The van der Waals surface area contributed by atoms with E-state index in [2.05, 4.69) is 35.7 Å². The molecule has 1 aromatic rings. The summed E-state index contributed by atoms with van der Waals surface area (Å²) in [6.45, 7) is 8.88. The summed E-state index contributed by atoms with van der Waals surface area (Å²) >= 11 is 0. The fourth-order valence-corrected chi connectivity index (χ4v) is 4.91. The molecule has 2 unspecified atom stereocenters. The summed E-state index contributed by atoms with van der Waals surface area (Å²) in [6, 6.07) is 1.98. The minimum atomic E-state index is -0.366. The van der Waals surface area contributed by atoms with Gasteiger partial charge in [0.25, 0.3) is 5.91 Å². The van der Waals surface area contributed by atoms with Crippen LogP contribution in [0.3, 0.4) is 0 Å². The number of hydrazine groups is 1. The van der Waals surface area contributed by atoms with Gasteiger partial charge < -0.3 is 19.7 Å². The second-order valence-electron chi connectivity index (χ2n) is 9.76. The van der Waals surface area contributed by atoms with Crippen molar-refractivity contribution in [2.45, 2.75) is 70.7 Å². The van der Waals surface area contributed by atoms with Crippen molar-refractivity contribution in [1.29, 1.82) is 0 Å². The first-order chi connectivity index (χ1) is 16.3. The van der Waals surface area contributed by atoms with E-state index in [4.69, 9.17) is 9.47 Å². The lowest BCUT2D eigenvalue weighted by atomic mass is 9.92. The topological polar surface area (TPSA) is 96.0 Å². The van der Waals surface area contributed by atoms with E-state index in [0.717, 1.165) is 55.8 Å². The smallest absolute Gasteiger partial charge is 0.270 e. The Morgan fingerprint density at radius 2 is 2.21 bits per heavy atom. The molecule has 2 amide bonds. The predicted octanol–water partition coefficient (Wildman–Crippen LogP) is 2.29. The number of nitrogens with one attached hydrogen (secondary N) is 2. The molecule has 4 heterocycles. The average Bonchev–Trinajstić information content (AvgIpc) is 3.44. The lowest BCUT2D eigenvalue weighted by molar-refractivity contribution is -0.116. The van der Waals surface area contributed by atoms with Crippen molar-refractivity contribution in [2.24, 2.45) is 5.92 Å². The Balaban J connectivity index is 1.34. The maximum atomic E-state index is 12.9. The Labute approximate surface area is 201 Å². The number of carbonyl (C=O) groups is 2. The number of amides is 2. The maximum absolute atomic E-state index is 12.9. The molecule has 0 bridgehead atoms. The van der Waals surface area contributed by atoms with Gasteiger partial charge in [-0.15, -0.1) is 0 Å². The molecule has 0 aromatic carbocycles. The van der Waals surface area contributed by atoms with Crippen LogP contribution >= 0.6 is 0 Å². The molecule has 3 aliphatic rings. The molecule has 1 fully saturated rings. The van der Waals surface area contributed by atoms with Crippen molar-refractivity contribution < 1.29 is 19.1 Å². The number of rotatable bonds is 9. The first-order valence-corrected chi connectivity index (χ1v) is 12.3. The van der Waals surface area contributed by atoms with Gasteiger partial charge in [0, 0.05) is 44.6 Å². The molecule has 2 N–H and O–H groups in total. The highest BCUT2D eigenvalue weighted by molar-refractivity contribution is 5.92. The van der Waals surface area contributed by atoms with Crippen LogP contribution in [-0.4, -0.2) is 66.1 Å². The van der Waals surface area contributed by atoms with Crippen molar-refractivity contribution in [2.75, 3.05) is 26.8 Å². The van der Waals surface area contributed by atoms with Gasteiger partial charge in [-0.05, 0) is 63.2 Å². The first kappa shape index (κ1) is 24.6. The summed E-state index contributed by atoms with van der Waals surface area (Å²) in [5, 5.41) is 5.10. The van der Waals surface area contributed by atoms with E-state index in [1.54, 1.807) is 18.1 Å². The highest BCUT2D eigenvalue weighted by Gasteiger charge is 2.35. The minimum absolute atomic E-state index is 0.0666. The molecule has 3 aliphatic heterocycles. The van der Waals surface area contributed by atoms with E-state index >= 15 is 0 Å². The van der Waals surface area contributed by atoms with Gasteiger partial charge >= 0.3 is 0 Å². The molecule has 0 saturated carbocycles. The van der Waals surface area contributed by atoms with E-state index in [1.807, 2.05) is 18.0 Å². The summed E-state index contributed by atoms with van der Waals surface area (Å²) in [5.41, 5.74) is 5.70. The third-order valence-electron chi connectivity index (χ3n) is 7.38. The standard InChI is InChI=1S/C25H37N5O4/c1-5-25(3)20-12-22(26-14-19(20)15-34-25)24(32)27-17(2)6-9-30-23(29(4)16-31)13-21(28-30)18-7-10-33-11-8-18/h12-14,16-18,21,28H,5-11,15H2,1-4H3,(H,27,32)/t17?,21?,25-/m1/s1. The monoisotopic (exact) mass is 471 g/mol. The molecule has 0 radical (unpaired) electrons. The van der Waals surface area contributed by atoms with Crippen LogP contribution < -0.4 is 10.7 Å². The van der Waals surface area contributed by atoms with E-state index in [0.29, 0.717) is 31.2 Å². The molecule has 0 spiro atoms. The van der Waals surface area contributed by atoms with Gasteiger partial charge in [0.15, 0.2) is 0 Å². The second-order valence-corrected chi connectivity index (χ2v) is 9.76. The van der Waals surface area contributed by atoms with E-state index in [9.17, 15) is 9.59 Å². The van der Waals surface area contributed by atoms with Gasteiger partial charge in [-0.25, -0.2) is 5.43 Å². The third-order valence-corrected chi connectivity index (χ3v) is 7.38. The number of pyridine rings is 1. The van der Waals surface area contributed by atoms with Crippen molar-refractivity contribution >= 4 is 12.3 Å². The summed E-state index contributed by atoms with van der Waals surface area (Å²) < 4.78 is 11.4. The molecular formula is C25H37N5O4. The van der Waals surface area contributed by atoms with Crippen molar-refractivity contribution in [3.63, 3.8) is 0 Å². The fourth-order valence-electron chi connectivity index (χ4n) is 4.91. The van der Waals surface area contributed by atoms with Gasteiger partial charge in [-0.2, -0.15) is 0 Å². The lowest BCUT2D eigenvalue weighted by Gasteiger charge is -2.31. The van der Waals surface area contributed by atoms with E-state index in [-0.39, 0.29) is 23.6 Å². The average molecular weight is 472 g/mol. The number of carbonyl (C=O) groups excluding carboxylic acids is 2. The molecule has 186 valence electrons. The number of fused-ring (bicyclic) bond motifs is 1. The van der Waals surface area contributed by atoms with Gasteiger partial charge in [-0.3, -0.25) is 19.6 Å². The molecule has 1 saturated heterocycles. The van der Waals surface area contributed by atoms with E-state index in [1.165, 1.54) is 0 Å². The van der Waals surface area contributed by atoms with Crippen LogP contribution in [0.5, 0.6) is 0 Å². The zero-order valence-electron chi connectivity index (χ0n) is 20.7. The molecule has 34 heavy (non-hydrogen) atoms. The van der Waals surface area contributed by atoms with Crippen molar-refractivity contribution in [1.82, 2.24) is 25.6 Å². The van der Waals surface area contributed by atoms with Crippen molar-refractivity contribution in [3.8, 4) is 0 Å². The van der Waals surface area contributed by atoms with Crippen LogP contribution in [0, 0.1) is 5.92 Å². The Morgan fingerprint density at radius 1 is 1.44 bits per heavy atom. The summed E-state index contributed by atoms with van der Waals surface area (Å²) in [4.78, 5) is 30.3. The largest absolute Gasteiger partial charge is 0.381 e. The Kier molecular flexibility index (Phi) is 7.54. The molecular weight excluding hydrogens is 434 g/mol. The summed E-state index contributed by atoms with van der Waals surface area (Å²) in [5.74, 6) is 1.15. The number of hydrogen-bond donors (Lipinski definition) is 2. The number of hydrogen-bond acceptors (Lipinski definition) is 7.